The molecule has 2 N–H and O–H groups in total. The van der Waals surface area contributed by atoms with Crippen molar-refractivity contribution in [3.05, 3.63) is 30.3 Å². The minimum atomic E-state index is -1.82. The minimum absolute atomic E-state index is 0.733. The quantitative estimate of drug-likeness (QED) is 0.647. The normalized spacial score (nSPS) is 9.00. The summed E-state index contributed by atoms with van der Waals surface area (Å²) < 4.78 is 0. The predicted octanol–water partition coefficient (Wildman–Crippen LogP) is 1.91. The summed E-state index contributed by atoms with van der Waals surface area (Å²) in [5.74, 6) is -2.91. The number of alkyl halides is 1. The summed E-state index contributed by atoms with van der Waals surface area (Å²) in [6.45, 7) is 1.02. The zero-order valence-electron chi connectivity index (χ0n) is 10.0. The Bertz CT molecular complexity index is 358. The summed E-state index contributed by atoms with van der Waals surface area (Å²) >= 11 is 5.61. The first-order valence-corrected chi connectivity index (χ1v) is 5.80. The van der Waals surface area contributed by atoms with E-state index in [-0.39, 0.29) is 0 Å². The van der Waals surface area contributed by atoms with Crippen molar-refractivity contribution >= 4 is 29.2 Å². The maximum atomic E-state index is 9.10. The van der Waals surface area contributed by atoms with E-state index >= 15 is 0 Å². The molecule has 1 rings (SSSR count). The lowest BCUT2D eigenvalue weighted by Crippen LogP contribution is -2.18. The average Bonchev–Trinajstić information content (AvgIpc) is 2.37. The Morgan fingerprint density at radius 2 is 1.67 bits per heavy atom. The van der Waals surface area contributed by atoms with E-state index in [0.29, 0.717) is 0 Å². The van der Waals surface area contributed by atoms with Crippen LogP contribution in [0.5, 0.6) is 0 Å². The van der Waals surface area contributed by atoms with Crippen molar-refractivity contribution < 1.29 is 19.8 Å². The molecule has 0 aromatic heterocycles. The van der Waals surface area contributed by atoms with Crippen LogP contribution in [0.3, 0.4) is 0 Å². The van der Waals surface area contributed by atoms with Gasteiger partial charge in [-0.05, 0) is 18.6 Å². The molecule has 0 radical (unpaired) electrons. The maximum absolute atomic E-state index is 9.10. The molecule has 0 aliphatic heterocycles. The van der Waals surface area contributed by atoms with Crippen LogP contribution in [0, 0.1) is 0 Å². The molecular formula is C12H16ClNO4. The summed E-state index contributed by atoms with van der Waals surface area (Å²) in [6.07, 6.45) is 1.03. The smallest absolute Gasteiger partial charge is 0.414 e. The second-order valence-electron chi connectivity index (χ2n) is 3.41. The molecular weight excluding hydrogens is 258 g/mol. The van der Waals surface area contributed by atoms with E-state index in [9.17, 15) is 0 Å². The summed E-state index contributed by atoms with van der Waals surface area (Å²) in [5, 5.41) is 14.8. The Morgan fingerprint density at radius 1 is 1.17 bits per heavy atom. The fraction of sp³-hybridized carbons (Fsp3) is 0.333. The van der Waals surface area contributed by atoms with Gasteiger partial charge >= 0.3 is 11.9 Å². The number of carbonyl (C=O) groups is 2. The van der Waals surface area contributed by atoms with Gasteiger partial charge in [0.05, 0.1) is 0 Å². The lowest BCUT2D eigenvalue weighted by Gasteiger charge is -2.18. The molecule has 0 saturated carbocycles. The molecule has 18 heavy (non-hydrogen) atoms. The molecule has 100 valence electrons. The van der Waals surface area contributed by atoms with Gasteiger partial charge in [-0.2, -0.15) is 0 Å². The Kier molecular flexibility index (Phi) is 8.39. The third-order valence-corrected chi connectivity index (χ3v) is 2.27. The van der Waals surface area contributed by atoms with Crippen LogP contribution in [-0.2, 0) is 9.59 Å². The van der Waals surface area contributed by atoms with E-state index in [1.165, 1.54) is 5.69 Å². The van der Waals surface area contributed by atoms with E-state index in [1.54, 1.807) is 0 Å². The van der Waals surface area contributed by atoms with Gasteiger partial charge < -0.3 is 15.1 Å². The van der Waals surface area contributed by atoms with Crippen LogP contribution in [0.25, 0.3) is 0 Å². The third-order valence-electron chi connectivity index (χ3n) is 2.01. The third kappa shape index (κ3) is 7.51. The number of halogens is 1. The van der Waals surface area contributed by atoms with E-state index in [0.717, 1.165) is 18.8 Å². The molecule has 0 saturated heterocycles. The van der Waals surface area contributed by atoms with Crippen molar-refractivity contribution in [2.24, 2.45) is 0 Å². The molecule has 5 nitrogen and oxygen atoms in total. The number of hydrogen-bond donors (Lipinski definition) is 2. The summed E-state index contributed by atoms with van der Waals surface area (Å²) in [6, 6.07) is 10.3. The van der Waals surface area contributed by atoms with Crippen LogP contribution in [-0.4, -0.2) is 41.6 Å². The monoisotopic (exact) mass is 273 g/mol. The number of carboxylic acids is 2. The molecule has 0 aliphatic carbocycles. The fourth-order valence-corrected chi connectivity index (χ4v) is 1.23. The predicted molar refractivity (Wildman–Crippen MR) is 70.3 cm³/mol. The number of benzene rings is 1. The fourth-order valence-electron chi connectivity index (χ4n) is 1.11. The van der Waals surface area contributed by atoms with Gasteiger partial charge in [0.2, 0.25) is 0 Å². The molecule has 0 bridgehead atoms. The molecule has 0 spiro atoms. The number of para-hydroxylation sites is 1. The Hall–Kier alpha value is -1.75. The van der Waals surface area contributed by atoms with E-state index in [1.807, 2.05) is 18.2 Å². The van der Waals surface area contributed by atoms with Gasteiger partial charge in [0, 0.05) is 25.2 Å². The lowest BCUT2D eigenvalue weighted by molar-refractivity contribution is -0.159. The zero-order valence-corrected chi connectivity index (χ0v) is 10.8. The molecule has 0 aliphatic rings. The van der Waals surface area contributed by atoms with Crippen molar-refractivity contribution in [2.75, 3.05) is 24.4 Å². The topological polar surface area (TPSA) is 77.8 Å². The molecule has 0 heterocycles. The Labute approximate surface area is 111 Å². The standard InChI is InChI=1S/C10H14ClN.C2H2O4/c1-12(9-5-8-11)10-6-3-2-4-7-10;3-1(4)2(5)6/h2-4,6-7H,5,8-9H2,1H3;(H,3,4)(H,5,6). The highest BCUT2D eigenvalue weighted by Gasteiger charge is 2.04. The number of hydrogen-bond acceptors (Lipinski definition) is 3. The molecule has 0 unspecified atom stereocenters. The van der Waals surface area contributed by atoms with Crippen molar-refractivity contribution in [3.8, 4) is 0 Å². The second-order valence-corrected chi connectivity index (χ2v) is 3.79. The average molecular weight is 274 g/mol. The van der Waals surface area contributed by atoms with Crippen LogP contribution >= 0.6 is 11.6 Å². The molecule has 1 aromatic carbocycles. The first-order chi connectivity index (χ1) is 8.49. The Morgan fingerprint density at radius 3 is 2.06 bits per heavy atom. The van der Waals surface area contributed by atoms with E-state index < -0.39 is 11.9 Å². The van der Waals surface area contributed by atoms with Crippen molar-refractivity contribution in [2.45, 2.75) is 6.42 Å². The van der Waals surface area contributed by atoms with Crippen LogP contribution in [0.2, 0.25) is 0 Å². The summed E-state index contributed by atoms with van der Waals surface area (Å²) in [4.78, 5) is 20.4. The SMILES string of the molecule is CN(CCCCl)c1ccccc1.O=C(O)C(=O)O. The van der Waals surface area contributed by atoms with Crippen LogP contribution < -0.4 is 4.90 Å². The first-order valence-electron chi connectivity index (χ1n) is 5.27. The number of anilines is 1. The van der Waals surface area contributed by atoms with Crippen LogP contribution in [0.15, 0.2) is 30.3 Å². The Balaban J connectivity index is 0.000000411. The highest BCUT2D eigenvalue weighted by molar-refractivity contribution is 6.27. The highest BCUT2D eigenvalue weighted by Crippen LogP contribution is 2.10. The molecule has 0 amide bonds. The molecule has 0 fully saturated rings. The number of aliphatic carboxylic acids is 2. The number of rotatable bonds is 4. The minimum Gasteiger partial charge on any atom is -0.473 e. The van der Waals surface area contributed by atoms with Gasteiger partial charge in [-0.3, -0.25) is 0 Å². The maximum Gasteiger partial charge on any atom is 0.414 e. The van der Waals surface area contributed by atoms with Gasteiger partial charge in [0.1, 0.15) is 0 Å². The molecule has 1 aromatic rings. The van der Waals surface area contributed by atoms with Gasteiger partial charge in [0.15, 0.2) is 0 Å². The summed E-state index contributed by atoms with van der Waals surface area (Å²) in [7, 11) is 2.09. The van der Waals surface area contributed by atoms with E-state index in [4.69, 9.17) is 31.4 Å². The first kappa shape index (κ1) is 16.2. The van der Waals surface area contributed by atoms with Crippen LogP contribution in [0.1, 0.15) is 6.42 Å². The molecule has 6 heteroatoms. The number of carboxylic acid groups (broad SMARTS) is 2. The summed E-state index contributed by atoms with van der Waals surface area (Å²) in [5.41, 5.74) is 1.25. The lowest BCUT2D eigenvalue weighted by atomic mass is 10.3. The van der Waals surface area contributed by atoms with E-state index in [2.05, 4.69) is 24.1 Å². The molecule has 0 atom stereocenters. The van der Waals surface area contributed by atoms with Gasteiger partial charge in [-0.15, -0.1) is 11.6 Å². The number of nitrogens with zero attached hydrogens (tertiary/aromatic N) is 1. The largest absolute Gasteiger partial charge is 0.473 e. The van der Waals surface area contributed by atoms with Crippen molar-refractivity contribution in [1.29, 1.82) is 0 Å². The second kappa shape index (κ2) is 9.30. The van der Waals surface area contributed by atoms with Crippen molar-refractivity contribution in [3.63, 3.8) is 0 Å². The van der Waals surface area contributed by atoms with Gasteiger partial charge in [-0.1, -0.05) is 18.2 Å². The highest BCUT2D eigenvalue weighted by atomic mass is 35.5. The zero-order chi connectivity index (χ0) is 14.0. The van der Waals surface area contributed by atoms with Crippen LogP contribution in [0.4, 0.5) is 5.69 Å². The van der Waals surface area contributed by atoms with Crippen molar-refractivity contribution in [1.82, 2.24) is 0 Å². The van der Waals surface area contributed by atoms with Gasteiger partial charge in [-0.25, -0.2) is 9.59 Å². The van der Waals surface area contributed by atoms with Gasteiger partial charge in [0.25, 0.3) is 0 Å².